The second kappa shape index (κ2) is 8.59. The highest BCUT2D eigenvalue weighted by molar-refractivity contribution is 7.89. The second-order valence-corrected chi connectivity index (χ2v) is 8.41. The zero-order valence-electron chi connectivity index (χ0n) is 16.5. The number of rotatable bonds is 7. The molecular weight excluding hydrogens is 390 g/mol. The van der Waals surface area contributed by atoms with Gasteiger partial charge < -0.3 is 4.74 Å². The lowest BCUT2D eigenvalue weighted by atomic mass is 10.1. The Morgan fingerprint density at radius 1 is 1.03 bits per heavy atom. The van der Waals surface area contributed by atoms with E-state index in [0.29, 0.717) is 11.3 Å². The summed E-state index contributed by atoms with van der Waals surface area (Å²) >= 11 is 0. The average molecular weight is 413 g/mol. The summed E-state index contributed by atoms with van der Waals surface area (Å²) in [6.45, 7) is 3.76. The number of nitrogens with one attached hydrogen (secondary N) is 1. The van der Waals surface area contributed by atoms with E-state index in [1.807, 2.05) is 37.3 Å². The fraction of sp³-hybridized carbons (Fsp3) is 0.238. The Morgan fingerprint density at radius 2 is 1.76 bits per heavy atom. The lowest BCUT2D eigenvalue weighted by molar-refractivity contribution is 0.415. The second-order valence-electron chi connectivity index (χ2n) is 6.68. The van der Waals surface area contributed by atoms with Crippen molar-refractivity contribution in [1.29, 1.82) is 0 Å². The zero-order chi connectivity index (χ0) is 21.0. The van der Waals surface area contributed by atoms with Crippen LogP contribution in [0, 0.1) is 13.8 Å². The summed E-state index contributed by atoms with van der Waals surface area (Å²) < 4.78 is 34.1. The summed E-state index contributed by atoms with van der Waals surface area (Å²) in [5, 5.41) is 4.35. The molecule has 0 aliphatic carbocycles. The summed E-state index contributed by atoms with van der Waals surface area (Å²) in [5.41, 5.74) is 2.68. The van der Waals surface area contributed by atoms with Crippen molar-refractivity contribution < 1.29 is 13.2 Å². The molecule has 1 heterocycles. The topological polar surface area (TPSA) is 90.3 Å². The number of sulfonamides is 1. The molecule has 152 valence electrons. The van der Waals surface area contributed by atoms with Crippen LogP contribution in [0.1, 0.15) is 11.1 Å². The van der Waals surface area contributed by atoms with Gasteiger partial charge in [-0.15, -0.1) is 0 Å². The monoisotopic (exact) mass is 413 g/mol. The summed E-state index contributed by atoms with van der Waals surface area (Å²) in [6, 6.07) is 15.6. The van der Waals surface area contributed by atoms with Crippen LogP contribution in [0.5, 0.6) is 5.75 Å². The Balaban J connectivity index is 1.75. The van der Waals surface area contributed by atoms with Gasteiger partial charge >= 0.3 is 0 Å². The van der Waals surface area contributed by atoms with Crippen LogP contribution in [0.3, 0.4) is 0 Å². The number of aromatic nitrogens is 2. The minimum atomic E-state index is -3.67. The summed E-state index contributed by atoms with van der Waals surface area (Å²) in [5.74, 6) is 0.725. The van der Waals surface area contributed by atoms with Crippen LogP contribution in [-0.2, 0) is 16.6 Å². The number of hydrogen-bond acceptors (Lipinski definition) is 5. The molecule has 3 aromatic rings. The van der Waals surface area contributed by atoms with E-state index >= 15 is 0 Å². The van der Waals surface area contributed by atoms with Gasteiger partial charge in [-0.05, 0) is 61.4 Å². The lowest BCUT2D eigenvalue weighted by Crippen LogP contribution is -2.32. The van der Waals surface area contributed by atoms with Crippen molar-refractivity contribution in [2.75, 3.05) is 13.7 Å². The minimum Gasteiger partial charge on any atom is -0.497 e. The van der Waals surface area contributed by atoms with Crippen LogP contribution < -0.4 is 15.0 Å². The summed E-state index contributed by atoms with van der Waals surface area (Å²) in [6.07, 6.45) is 0. The highest BCUT2D eigenvalue weighted by Crippen LogP contribution is 2.19. The highest BCUT2D eigenvalue weighted by Gasteiger charge is 2.16. The quantitative estimate of drug-likeness (QED) is 0.643. The maximum atomic E-state index is 12.6. The van der Waals surface area contributed by atoms with Crippen molar-refractivity contribution in [3.05, 3.63) is 76.1 Å². The largest absolute Gasteiger partial charge is 0.497 e. The van der Waals surface area contributed by atoms with Crippen molar-refractivity contribution >= 4 is 10.0 Å². The molecule has 0 saturated heterocycles. The third kappa shape index (κ3) is 4.90. The third-order valence-electron chi connectivity index (χ3n) is 4.50. The predicted octanol–water partition coefficient (Wildman–Crippen LogP) is 2.51. The van der Waals surface area contributed by atoms with E-state index in [1.165, 1.54) is 10.7 Å². The van der Waals surface area contributed by atoms with Gasteiger partial charge in [-0.1, -0.05) is 12.1 Å². The normalized spacial score (nSPS) is 11.4. The molecule has 29 heavy (non-hydrogen) atoms. The molecule has 0 amide bonds. The molecule has 8 heteroatoms. The standard InChI is InChI=1S/C21H23N3O4S/c1-15-4-5-16(2)20(14-15)29(26,27)22-12-13-24-21(25)11-10-19(23-24)17-6-8-18(28-3)9-7-17/h4-11,14,22H,12-13H2,1-3H3. The number of benzene rings is 2. The van der Waals surface area contributed by atoms with Crippen molar-refractivity contribution in [3.8, 4) is 17.0 Å². The molecule has 2 aromatic carbocycles. The molecule has 7 nitrogen and oxygen atoms in total. The van der Waals surface area contributed by atoms with Gasteiger partial charge in [0.2, 0.25) is 10.0 Å². The Bertz CT molecular complexity index is 1170. The first-order valence-electron chi connectivity index (χ1n) is 9.10. The molecule has 0 bridgehead atoms. The lowest BCUT2D eigenvalue weighted by Gasteiger charge is -2.11. The number of ether oxygens (including phenoxy) is 1. The molecule has 3 rings (SSSR count). The van der Waals surface area contributed by atoms with Gasteiger partial charge in [0.05, 0.1) is 24.2 Å². The van der Waals surface area contributed by atoms with Crippen LogP contribution >= 0.6 is 0 Å². The van der Waals surface area contributed by atoms with E-state index in [4.69, 9.17) is 4.74 Å². The van der Waals surface area contributed by atoms with E-state index in [9.17, 15) is 13.2 Å². The van der Waals surface area contributed by atoms with Crippen LogP contribution in [0.25, 0.3) is 11.3 Å². The molecule has 0 aliphatic heterocycles. The minimum absolute atomic E-state index is 0.0503. The van der Waals surface area contributed by atoms with Crippen LogP contribution in [0.4, 0.5) is 0 Å². The van der Waals surface area contributed by atoms with Gasteiger partial charge in [0.15, 0.2) is 0 Å². The average Bonchev–Trinajstić information content (AvgIpc) is 2.71. The molecule has 1 aromatic heterocycles. The first-order chi connectivity index (χ1) is 13.8. The number of nitrogens with zero attached hydrogens (tertiary/aromatic N) is 2. The first kappa shape index (κ1) is 20.8. The van der Waals surface area contributed by atoms with Crippen molar-refractivity contribution in [2.45, 2.75) is 25.3 Å². The molecular formula is C21H23N3O4S. The fourth-order valence-corrected chi connectivity index (χ4v) is 4.23. The molecule has 0 fully saturated rings. The molecule has 0 unspecified atom stereocenters. The van der Waals surface area contributed by atoms with E-state index in [2.05, 4.69) is 9.82 Å². The van der Waals surface area contributed by atoms with Gasteiger partial charge in [-0.2, -0.15) is 5.10 Å². The van der Waals surface area contributed by atoms with E-state index in [0.717, 1.165) is 16.9 Å². The van der Waals surface area contributed by atoms with E-state index < -0.39 is 10.0 Å². The van der Waals surface area contributed by atoms with E-state index in [-0.39, 0.29) is 23.5 Å². The van der Waals surface area contributed by atoms with Crippen molar-refractivity contribution in [1.82, 2.24) is 14.5 Å². The molecule has 0 saturated carbocycles. The van der Waals surface area contributed by atoms with Crippen LogP contribution in [-0.4, -0.2) is 31.9 Å². The van der Waals surface area contributed by atoms with Crippen molar-refractivity contribution in [2.24, 2.45) is 0 Å². The van der Waals surface area contributed by atoms with Gasteiger partial charge in [0.1, 0.15) is 5.75 Å². The maximum absolute atomic E-state index is 12.6. The van der Waals surface area contributed by atoms with Gasteiger partial charge in [0, 0.05) is 18.2 Å². The predicted molar refractivity (Wildman–Crippen MR) is 112 cm³/mol. The Hall–Kier alpha value is -2.97. The molecule has 0 spiro atoms. The molecule has 0 aliphatic rings. The smallest absolute Gasteiger partial charge is 0.266 e. The van der Waals surface area contributed by atoms with Gasteiger partial charge in [-0.25, -0.2) is 17.8 Å². The van der Waals surface area contributed by atoms with Crippen LogP contribution in [0.15, 0.2) is 64.3 Å². The first-order valence-corrected chi connectivity index (χ1v) is 10.6. The number of aryl methyl sites for hydroxylation is 2. The van der Waals surface area contributed by atoms with E-state index in [1.54, 1.807) is 32.2 Å². The third-order valence-corrected chi connectivity index (χ3v) is 6.10. The summed E-state index contributed by atoms with van der Waals surface area (Å²) in [7, 11) is -2.08. The molecule has 0 radical (unpaired) electrons. The van der Waals surface area contributed by atoms with Crippen LogP contribution in [0.2, 0.25) is 0 Å². The fourth-order valence-electron chi connectivity index (χ4n) is 2.89. The van der Waals surface area contributed by atoms with Gasteiger partial charge in [0.25, 0.3) is 5.56 Å². The SMILES string of the molecule is COc1ccc(-c2ccc(=O)n(CCNS(=O)(=O)c3cc(C)ccc3C)n2)cc1. The number of methoxy groups -OCH3 is 1. The Labute approximate surface area is 170 Å². The van der Waals surface area contributed by atoms with Crippen molar-refractivity contribution in [3.63, 3.8) is 0 Å². The zero-order valence-corrected chi connectivity index (χ0v) is 17.4. The highest BCUT2D eigenvalue weighted by atomic mass is 32.2. The molecule has 0 atom stereocenters. The Morgan fingerprint density at radius 3 is 2.45 bits per heavy atom. The van der Waals surface area contributed by atoms with Gasteiger partial charge in [-0.3, -0.25) is 4.79 Å². The molecule has 1 N–H and O–H groups in total. The number of hydrogen-bond donors (Lipinski definition) is 1. The maximum Gasteiger partial charge on any atom is 0.266 e. The summed E-state index contributed by atoms with van der Waals surface area (Å²) in [4.78, 5) is 12.4. The Kier molecular flexibility index (Phi) is 6.14.